The van der Waals surface area contributed by atoms with Crippen molar-refractivity contribution in [3.05, 3.63) is 121 Å². The lowest BCUT2D eigenvalue weighted by Gasteiger charge is -2.41. The molecule has 204 valence electrons. The Morgan fingerprint density at radius 3 is 1.05 bits per heavy atom. The van der Waals surface area contributed by atoms with Crippen LogP contribution in [0.2, 0.25) is 13.1 Å². The van der Waals surface area contributed by atoms with Gasteiger partial charge in [-0.15, -0.1) is 23.2 Å². The molecule has 0 amide bonds. The van der Waals surface area contributed by atoms with Crippen LogP contribution in [0.4, 0.5) is 0 Å². The lowest BCUT2D eigenvalue weighted by atomic mass is 10.4. The molecule has 0 heterocycles. The molecule has 9 heteroatoms. The molecule has 4 rings (SSSR count). The summed E-state index contributed by atoms with van der Waals surface area (Å²) < 4.78 is 31.2. The van der Waals surface area contributed by atoms with Gasteiger partial charge in [0, 0.05) is 24.8 Å². The van der Waals surface area contributed by atoms with E-state index in [9.17, 15) is 0 Å². The summed E-state index contributed by atoms with van der Waals surface area (Å²) in [6, 6.07) is 40.1. The standard InChI is InChI=1S/C30H34Cl2NO3PSi2/c1-38(27-15-7-3-8-16-27,28-17-9-4-10-18-28)35-37(34,33(25-23-31)26-24-32)36-39(2,29-19-11-5-12-20-29)30-21-13-6-14-22-30/h3-22H,23-26H2,1-2H3. The second kappa shape index (κ2) is 13.6. The van der Waals surface area contributed by atoms with Gasteiger partial charge in [-0.05, 0) is 33.8 Å². The van der Waals surface area contributed by atoms with Crippen molar-refractivity contribution in [3.8, 4) is 0 Å². The van der Waals surface area contributed by atoms with E-state index in [2.05, 4.69) is 13.1 Å². The average Bonchev–Trinajstić information content (AvgIpc) is 2.98. The predicted molar refractivity (Wildman–Crippen MR) is 170 cm³/mol. The number of alkyl halides is 2. The summed E-state index contributed by atoms with van der Waals surface area (Å²) in [7, 11) is -10.1. The van der Waals surface area contributed by atoms with Gasteiger partial charge in [-0.25, -0.2) is 9.24 Å². The lowest BCUT2D eigenvalue weighted by Crippen LogP contribution is -2.61. The predicted octanol–water partition coefficient (Wildman–Crippen LogP) is 5.69. The van der Waals surface area contributed by atoms with Crippen molar-refractivity contribution in [2.45, 2.75) is 13.1 Å². The third kappa shape index (κ3) is 6.84. The van der Waals surface area contributed by atoms with Gasteiger partial charge in [0.1, 0.15) is 0 Å². The molecular weight excluding hydrogens is 580 g/mol. The highest BCUT2D eigenvalue weighted by Gasteiger charge is 2.50. The topological polar surface area (TPSA) is 38.8 Å². The van der Waals surface area contributed by atoms with Gasteiger partial charge in [-0.3, -0.25) is 0 Å². The normalized spacial score (nSPS) is 12.5. The molecule has 0 saturated carbocycles. The third-order valence-corrected chi connectivity index (χ3v) is 18.9. The summed E-state index contributed by atoms with van der Waals surface area (Å²) in [5, 5.41) is 4.00. The molecule has 0 aliphatic carbocycles. The molecule has 4 aromatic rings. The Balaban J connectivity index is 1.91. The van der Waals surface area contributed by atoms with Crippen LogP contribution in [0.3, 0.4) is 0 Å². The molecule has 0 atom stereocenters. The first-order valence-corrected chi connectivity index (χ1v) is 20.3. The van der Waals surface area contributed by atoms with Crippen LogP contribution in [0.15, 0.2) is 121 Å². The molecule has 0 saturated heterocycles. The zero-order valence-electron chi connectivity index (χ0n) is 22.3. The first kappa shape index (κ1) is 30.0. The first-order valence-electron chi connectivity index (χ1n) is 13.0. The minimum Gasteiger partial charge on any atom is -0.330 e. The second-order valence-corrected chi connectivity index (χ2v) is 19.7. The molecule has 4 nitrogen and oxygen atoms in total. The van der Waals surface area contributed by atoms with Crippen LogP contribution in [0.5, 0.6) is 0 Å². The molecular formula is C30H34Cl2NO3PSi2. The van der Waals surface area contributed by atoms with Crippen molar-refractivity contribution in [1.82, 2.24) is 4.67 Å². The van der Waals surface area contributed by atoms with E-state index < -0.39 is 24.4 Å². The largest absolute Gasteiger partial charge is 0.389 e. The van der Waals surface area contributed by atoms with E-state index in [-0.39, 0.29) is 11.8 Å². The molecule has 0 radical (unpaired) electrons. The average molecular weight is 615 g/mol. The minimum atomic E-state index is -3.98. The molecule has 0 fully saturated rings. The van der Waals surface area contributed by atoms with E-state index in [1.54, 1.807) is 4.67 Å². The molecule has 39 heavy (non-hydrogen) atoms. The molecule has 0 N–H and O–H groups in total. The van der Waals surface area contributed by atoms with Gasteiger partial charge in [0.2, 0.25) is 0 Å². The van der Waals surface area contributed by atoms with Crippen LogP contribution in [-0.2, 0) is 13.0 Å². The van der Waals surface area contributed by atoms with Crippen molar-refractivity contribution in [1.29, 1.82) is 0 Å². The summed E-state index contributed by atoms with van der Waals surface area (Å²) in [6.07, 6.45) is 0. The van der Waals surface area contributed by atoms with Crippen LogP contribution in [-0.4, -0.2) is 46.2 Å². The lowest BCUT2D eigenvalue weighted by molar-refractivity contribution is 0.297. The number of nitrogens with zero attached hydrogens (tertiary/aromatic N) is 1. The minimum absolute atomic E-state index is 0.261. The molecule has 4 aromatic carbocycles. The molecule has 0 aliphatic rings. The molecule has 0 unspecified atom stereocenters. The second-order valence-electron chi connectivity index (χ2n) is 9.51. The monoisotopic (exact) mass is 613 g/mol. The fraction of sp³-hybridized carbons (Fsp3) is 0.200. The highest BCUT2D eigenvalue weighted by atomic mass is 35.5. The summed E-state index contributed by atoms with van der Waals surface area (Å²) in [5.41, 5.74) is 0. The SMILES string of the molecule is C[Si](OP(=O)(O[Si](C)(c1ccccc1)c1ccccc1)N(CCCl)CCCl)(c1ccccc1)c1ccccc1. The zero-order valence-corrected chi connectivity index (χ0v) is 26.7. The van der Waals surface area contributed by atoms with Gasteiger partial charge in [-0.1, -0.05) is 121 Å². The van der Waals surface area contributed by atoms with Gasteiger partial charge < -0.3 is 8.43 Å². The Morgan fingerprint density at radius 2 is 0.821 bits per heavy atom. The number of halogens is 2. The maximum atomic E-state index is 15.5. The van der Waals surface area contributed by atoms with E-state index in [4.69, 9.17) is 31.6 Å². The van der Waals surface area contributed by atoms with Crippen molar-refractivity contribution in [2.75, 3.05) is 24.8 Å². The van der Waals surface area contributed by atoms with Crippen LogP contribution in [0, 0.1) is 0 Å². The molecule has 0 aromatic heterocycles. The molecule has 0 aliphatic heterocycles. The first-order chi connectivity index (χ1) is 18.9. The van der Waals surface area contributed by atoms with Crippen LogP contribution in [0.25, 0.3) is 0 Å². The van der Waals surface area contributed by atoms with Gasteiger partial charge in [-0.2, -0.15) is 0 Å². The molecule has 0 bridgehead atoms. The fourth-order valence-electron chi connectivity index (χ4n) is 4.72. The van der Waals surface area contributed by atoms with Gasteiger partial charge in [0.05, 0.1) is 0 Å². The van der Waals surface area contributed by atoms with E-state index >= 15 is 4.57 Å². The van der Waals surface area contributed by atoms with Crippen LogP contribution >= 0.6 is 30.9 Å². The zero-order chi connectivity index (χ0) is 27.8. The van der Waals surface area contributed by atoms with E-state index in [1.165, 1.54) is 0 Å². The Labute approximate surface area is 244 Å². The summed E-state index contributed by atoms with van der Waals surface area (Å²) in [4.78, 5) is 0. The highest BCUT2D eigenvalue weighted by Crippen LogP contribution is 2.55. The van der Waals surface area contributed by atoms with Gasteiger partial charge >= 0.3 is 7.75 Å². The van der Waals surface area contributed by atoms with Crippen molar-refractivity contribution in [3.63, 3.8) is 0 Å². The third-order valence-electron chi connectivity index (χ3n) is 6.93. The Morgan fingerprint density at radius 1 is 0.564 bits per heavy atom. The number of hydrogen-bond acceptors (Lipinski definition) is 3. The van der Waals surface area contributed by atoms with Crippen molar-refractivity contribution in [2.24, 2.45) is 0 Å². The van der Waals surface area contributed by atoms with Crippen molar-refractivity contribution < 1.29 is 13.0 Å². The summed E-state index contributed by atoms with van der Waals surface area (Å²) in [6.45, 7) is 4.79. The van der Waals surface area contributed by atoms with Gasteiger partial charge in [0.25, 0.3) is 16.6 Å². The van der Waals surface area contributed by atoms with E-state index in [0.717, 1.165) is 20.7 Å². The molecule has 0 spiro atoms. The number of hydrogen-bond donors (Lipinski definition) is 0. The maximum absolute atomic E-state index is 15.5. The van der Waals surface area contributed by atoms with E-state index in [0.29, 0.717) is 13.1 Å². The Kier molecular flexibility index (Phi) is 10.4. The van der Waals surface area contributed by atoms with Crippen LogP contribution < -0.4 is 20.7 Å². The summed E-state index contributed by atoms with van der Waals surface area (Å²) >= 11 is 12.5. The maximum Gasteiger partial charge on any atom is 0.389 e. The number of rotatable bonds is 13. The van der Waals surface area contributed by atoms with E-state index in [1.807, 2.05) is 121 Å². The van der Waals surface area contributed by atoms with Crippen molar-refractivity contribution >= 4 is 68.3 Å². The van der Waals surface area contributed by atoms with Crippen LogP contribution in [0.1, 0.15) is 0 Å². The Hall–Kier alpha value is -2.00. The fourth-order valence-corrected chi connectivity index (χ4v) is 16.8. The summed E-state index contributed by atoms with van der Waals surface area (Å²) in [5.74, 6) is 0.523. The van der Waals surface area contributed by atoms with Gasteiger partial charge in [0.15, 0.2) is 0 Å². The quantitative estimate of drug-likeness (QED) is 0.110. The number of benzene rings is 4. The Bertz CT molecular complexity index is 1170. The smallest absolute Gasteiger partial charge is 0.330 e. The highest BCUT2D eigenvalue weighted by molar-refractivity contribution is 7.55.